The van der Waals surface area contributed by atoms with E-state index in [4.69, 9.17) is 9.47 Å². The fraction of sp³-hybridized carbons (Fsp3) is 0.364. The number of ether oxygens (including phenoxy) is 2. The topological polar surface area (TPSA) is 76.7 Å². The standard InChI is InChI=1S/C22H28N2O4/c1-4-10-21(25)23-17-14-20(28-6-3)18(15-19(17)27-5-2)24-22(26)13-16-11-8-7-9-12-16/h7-9,11-12,14-15H,4-6,10,13H2,1-3H3,(H,23,25)(H,24,26). The molecular weight excluding hydrogens is 356 g/mol. The van der Waals surface area contributed by atoms with E-state index in [1.807, 2.05) is 51.1 Å². The first-order valence-corrected chi connectivity index (χ1v) is 9.64. The van der Waals surface area contributed by atoms with Crippen LogP contribution in [0.1, 0.15) is 39.2 Å². The van der Waals surface area contributed by atoms with Gasteiger partial charge in [-0.3, -0.25) is 9.59 Å². The molecule has 2 aromatic rings. The van der Waals surface area contributed by atoms with Crippen LogP contribution in [0.25, 0.3) is 0 Å². The van der Waals surface area contributed by atoms with Gasteiger partial charge in [-0.05, 0) is 25.8 Å². The molecule has 0 fully saturated rings. The Bertz CT molecular complexity index is 791. The van der Waals surface area contributed by atoms with Crippen molar-refractivity contribution in [2.45, 2.75) is 40.0 Å². The summed E-state index contributed by atoms with van der Waals surface area (Å²) < 4.78 is 11.3. The maximum absolute atomic E-state index is 12.5. The highest BCUT2D eigenvalue weighted by molar-refractivity contribution is 5.97. The molecule has 2 aromatic carbocycles. The van der Waals surface area contributed by atoms with E-state index in [-0.39, 0.29) is 18.2 Å². The summed E-state index contributed by atoms with van der Waals surface area (Å²) in [7, 11) is 0. The van der Waals surface area contributed by atoms with Crippen molar-refractivity contribution >= 4 is 23.2 Å². The van der Waals surface area contributed by atoms with Gasteiger partial charge in [-0.15, -0.1) is 0 Å². The van der Waals surface area contributed by atoms with Gasteiger partial charge in [0.25, 0.3) is 0 Å². The third kappa shape index (κ3) is 6.30. The van der Waals surface area contributed by atoms with Crippen molar-refractivity contribution in [2.75, 3.05) is 23.8 Å². The average molecular weight is 384 g/mol. The minimum absolute atomic E-state index is 0.0910. The van der Waals surface area contributed by atoms with Crippen molar-refractivity contribution in [3.05, 3.63) is 48.0 Å². The Kier molecular flexibility index (Phi) is 8.34. The number of hydrogen-bond acceptors (Lipinski definition) is 4. The molecule has 0 saturated carbocycles. The smallest absolute Gasteiger partial charge is 0.228 e. The van der Waals surface area contributed by atoms with Crippen LogP contribution in [0.4, 0.5) is 11.4 Å². The second kappa shape index (κ2) is 11.0. The summed E-state index contributed by atoms with van der Waals surface area (Å²) in [5.74, 6) is 0.730. The predicted molar refractivity (Wildman–Crippen MR) is 111 cm³/mol. The van der Waals surface area contributed by atoms with Gasteiger partial charge in [-0.1, -0.05) is 37.3 Å². The summed E-state index contributed by atoms with van der Waals surface area (Å²) in [5, 5.41) is 5.75. The second-order valence-electron chi connectivity index (χ2n) is 6.22. The van der Waals surface area contributed by atoms with Gasteiger partial charge < -0.3 is 20.1 Å². The average Bonchev–Trinajstić information content (AvgIpc) is 2.66. The molecule has 0 saturated heterocycles. The van der Waals surface area contributed by atoms with Gasteiger partial charge in [-0.2, -0.15) is 0 Å². The van der Waals surface area contributed by atoms with Crippen LogP contribution in [0.15, 0.2) is 42.5 Å². The van der Waals surface area contributed by atoms with E-state index in [1.54, 1.807) is 12.1 Å². The maximum Gasteiger partial charge on any atom is 0.228 e. The molecule has 0 heterocycles. The molecule has 6 heteroatoms. The first-order chi connectivity index (χ1) is 13.6. The van der Waals surface area contributed by atoms with E-state index in [2.05, 4.69) is 10.6 Å². The molecule has 0 radical (unpaired) electrons. The molecule has 0 aliphatic carbocycles. The lowest BCUT2D eigenvalue weighted by Crippen LogP contribution is -2.16. The van der Waals surface area contributed by atoms with E-state index < -0.39 is 0 Å². The summed E-state index contributed by atoms with van der Waals surface area (Å²) >= 11 is 0. The van der Waals surface area contributed by atoms with Gasteiger partial charge in [0.05, 0.1) is 31.0 Å². The zero-order valence-electron chi connectivity index (χ0n) is 16.7. The molecule has 0 spiro atoms. The number of nitrogens with one attached hydrogen (secondary N) is 2. The Balaban J connectivity index is 2.26. The lowest BCUT2D eigenvalue weighted by atomic mass is 10.1. The maximum atomic E-state index is 12.5. The van der Waals surface area contributed by atoms with Crippen LogP contribution in [0.5, 0.6) is 11.5 Å². The van der Waals surface area contributed by atoms with E-state index in [9.17, 15) is 9.59 Å². The van der Waals surface area contributed by atoms with Crippen LogP contribution in [0, 0.1) is 0 Å². The largest absolute Gasteiger partial charge is 0.492 e. The molecule has 2 N–H and O–H groups in total. The van der Waals surface area contributed by atoms with Crippen LogP contribution in [-0.2, 0) is 16.0 Å². The number of rotatable bonds is 10. The third-order valence-corrected chi connectivity index (χ3v) is 3.91. The number of carbonyl (C=O) groups is 2. The minimum atomic E-state index is -0.155. The van der Waals surface area contributed by atoms with E-state index in [0.29, 0.717) is 42.5 Å². The third-order valence-electron chi connectivity index (χ3n) is 3.91. The molecule has 0 aliphatic heterocycles. The Labute approximate surface area is 166 Å². The minimum Gasteiger partial charge on any atom is -0.492 e. The van der Waals surface area contributed by atoms with Gasteiger partial charge in [0.2, 0.25) is 11.8 Å². The van der Waals surface area contributed by atoms with Gasteiger partial charge in [0, 0.05) is 18.6 Å². The number of anilines is 2. The molecule has 28 heavy (non-hydrogen) atoms. The first kappa shape index (κ1) is 21.3. The van der Waals surface area contributed by atoms with E-state index in [0.717, 1.165) is 12.0 Å². The monoisotopic (exact) mass is 384 g/mol. The number of hydrogen-bond donors (Lipinski definition) is 2. The molecular formula is C22H28N2O4. The van der Waals surface area contributed by atoms with Crippen molar-refractivity contribution in [1.29, 1.82) is 0 Å². The molecule has 150 valence electrons. The summed E-state index contributed by atoms with van der Waals surface area (Å²) in [5.41, 5.74) is 1.97. The van der Waals surface area contributed by atoms with Crippen molar-refractivity contribution in [3.63, 3.8) is 0 Å². The zero-order valence-corrected chi connectivity index (χ0v) is 16.7. The van der Waals surface area contributed by atoms with Crippen LogP contribution in [0.3, 0.4) is 0 Å². The molecule has 0 unspecified atom stereocenters. The fourth-order valence-corrected chi connectivity index (χ4v) is 2.72. The van der Waals surface area contributed by atoms with Crippen LogP contribution in [-0.4, -0.2) is 25.0 Å². The highest BCUT2D eigenvalue weighted by Crippen LogP contribution is 2.37. The quantitative estimate of drug-likeness (QED) is 0.636. The molecule has 0 aromatic heterocycles. The summed E-state index contributed by atoms with van der Waals surface area (Å²) in [4.78, 5) is 24.5. The number of carbonyl (C=O) groups excluding carboxylic acids is 2. The second-order valence-corrected chi connectivity index (χ2v) is 6.22. The Morgan fingerprint density at radius 1 is 0.821 bits per heavy atom. The van der Waals surface area contributed by atoms with Crippen molar-refractivity contribution in [3.8, 4) is 11.5 Å². The predicted octanol–water partition coefficient (Wildman–Crippen LogP) is 4.40. The van der Waals surface area contributed by atoms with Gasteiger partial charge in [0.15, 0.2) is 0 Å². The van der Waals surface area contributed by atoms with Crippen molar-refractivity contribution in [1.82, 2.24) is 0 Å². The van der Waals surface area contributed by atoms with E-state index in [1.165, 1.54) is 0 Å². The number of benzene rings is 2. The number of amides is 2. The van der Waals surface area contributed by atoms with Crippen LogP contribution >= 0.6 is 0 Å². The summed E-state index contributed by atoms with van der Waals surface area (Å²) in [6.07, 6.45) is 1.43. The molecule has 2 rings (SSSR count). The van der Waals surface area contributed by atoms with Crippen molar-refractivity contribution in [2.24, 2.45) is 0 Å². The van der Waals surface area contributed by atoms with Gasteiger partial charge in [-0.25, -0.2) is 0 Å². The Morgan fingerprint density at radius 3 is 1.86 bits per heavy atom. The fourth-order valence-electron chi connectivity index (χ4n) is 2.72. The molecule has 0 atom stereocenters. The molecule has 0 aliphatic rings. The molecule has 6 nitrogen and oxygen atoms in total. The normalized spacial score (nSPS) is 10.2. The lowest BCUT2D eigenvalue weighted by molar-refractivity contribution is -0.116. The van der Waals surface area contributed by atoms with Gasteiger partial charge >= 0.3 is 0 Å². The van der Waals surface area contributed by atoms with E-state index >= 15 is 0 Å². The summed E-state index contributed by atoms with van der Waals surface area (Å²) in [6, 6.07) is 12.9. The van der Waals surface area contributed by atoms with Crippen LogP contribution in [0.2, 0.25) is 0 Å². The summed E-state index contributed by atoms with van der Waals surface area (Å²) in [6.45, 7) is 6.53. The first-order valence-electron chi connectivity index (χ1n) is 9.64. The molecule has 2 amide bonds. The molecule has 0 bridgehead atoms. The Hall–Kier alpha value is -3.02. The highest BCUT2D eigenvalue weighted by atomic mass is 16.5. The van der Waals surface area contributed by atoms with Crippen molar-refractivity contribution < 1.29 is 19.1 Å². The van der Waals surface area contributed by atoms with Crippen LogP contribution < -0.4 is 20.1 Å². The highest BCUT2D eigenvalue weighted by Gasteiger charge is 2.16. The zero-order chi connectivity index (χ0) is 20.4. The lowest BCUT2D eigenvalue weighted by Gasteiger charge is -2.18. The Morgan fingerprint density at radius 2 is 1.36 bits per heavy atom. The van der Waals surface area contributed by atoms with Gasteiger partial charge in [0.1, 0.15) is 11.5 Å². The SMILES string of the molecule is CCCC(=O)Nc1cc(OCC)c(NC(=O)Cc2ccccc2)cc1OCC.